The van der Waals surface area contributed by atoms with Crippen LogP contribution in [-0.4, -0.2) is 24.9 Å². The first-order chi connectivity index (χ1) is 15.1. The Balaban J connectivity index is 1.63. The lowest BCUT2D eigenvalue weighted by Crippen LogP contribution is -2.33. The van der Waals surface area contributed by atoms with Crippen LogP contribution in [0.3, 0.4) is 0 Å². The molecule has 0 N–H and O–H groups in total. The fourth-order valence-electron chi connectivity index (χ4n) is 4.15. The van der Waals surface area contributed by atoms with Gasteiger partial charge in [0.2, 0.25) is 6.23 Å². The lowest BCUT2D eigenvalue weighted by Gasteiger charge is -2.38. The molecule has 31 heavy (non-hydrogen) atoms. The molecule has 2 atom stereocenters. The minimum Gasteiger partial charge on any atom is -0.493 e. The molecular formula is C24H20Cl2N2O3. The summed E-state index contributed by atoms with van der Waals surface area (Å²) >= 11 is 12.9. The summed E-state index contributed by atoms with van der Waals surface area (Å²) in [6.07, 6.45) is 0.248. The van der Waals surface area contributed by atoms with Crippen LogP contribution in [0, 0.1) is 0 Å². The van der Waals surface area contributed by atoms with E-state index in [1.54, 1.807) is 20.3 Å². The molecule has 158 valence electrons. The Morgan fingerprint density at radius 1 is 0.968 bits per heavy atom. The lowest BCUT2D eigenvalue weighted by atomic mass is 9.96. The molecule has 2 aliphatic heterocycles. The van der Waals surface area contributed by atoms with E-state index in [1.807, 2.05) is 47.5 Å². The largest absolute Gasteiger partial charge is 0.493 e. The van der Waals surface area contributed by atoms with Gasteiger partial charge in [-0.05, 0) is 35.9 Å². The van der Waals surface area contributed by atoms with Crippen LogP contribution >= 0.6 is 23.2 Å². The first kappa shape index (κ1) is 20.0. The normalized spacial score (nSPS) is 19.2. The van der Waals surface area contributed by atoms with Crippen molar-refractivity contribution in [3.63, 3.8) is 0 Å². The fourth-order valence-corrected chi connectivity index (χ4v) is 4.70. The van der Waals surface area contributed by atoms with Crippen LogP contribution in [0.15, 0.2) is 65.8 Å². The van der Waals surface area contributed by atoms with Crippen molar-refractivity contribution in [3.8, 4) is 17.2 Å². The monoisotopic (exact) mass is 454 g/mol. The van der Waals surface area contributed by atoms with Crippen molar-refractivity contribution in [1.82, 2.24) is 5.01 Å². The van der Waals surface area contributed by atoms with E-state index >= 15 is 0 Å². The number of methoxy groups -OCH3 is 2. The molecule has 7 heteroatoms. The van der Waals surface area contributed by atoms with Gasteiger partial charge in [0.15, 0.2) is 11.5 Å². The highest BCUT2D eigenvalue weighted by atomic mass is 35.5. The average Bonchev–Trinajstić information content (AvgIpc) is 3.25. The molecule has 0 spiro atoms. The summed E-state index contributed by atoms with van der Waals surface area (Å²) in [6, 6.07) is 19.4. The number of nitrogens with zero attached hydrogens (tertiary/aromatic N) is 2. The first-order valence-corrected chi connectivity index (χ1v) is 10.6. The Morgan fingerprint density at radius 2 is 1.74 bits per heavy atom. The van der Waals surface area contributed by atoms with Gasteiger partial charge in [0.05, 0.1) is 31.0 Å². The summed E-state index contributed by atoms with van der Waals surface area (Å²) in [6.45, 7) is 0. The molecule has 0 aromatic heterocycles. The van der Waals surface area contributed by atoms with Crippen LogP contribution in [0.2, 0.25) is 10.0 Å². The molecule has 0 saturated carbocycles. The summed E-state index contributed by atoms with van der Waals surface area (Å²) in [5.74, 6) is 1.91. The minimum absolute atomic E-state index is 0.0479. The van der Waals surface area contributed by atoms with E-state index < -0.39 is 6.23 Å². The smallest absolute Gasteiger partial charge is 0.214 e. The minimum atomic E-state index is -0.475. The van der Waals surface area contributed by atoms with Crippen LogP contribution in [0.25, 0.3) is 0 Å². The van der Waals surface area contributed by atoms with Gasteiger partial charge in [0, 0.05) is 22.6 Å². The van der Waals surface area contributed by atoms with Gasteiger partial charge >= 0.3 is 0 Å². The molecule has 0 unspecified atom stereocenters. The van der Waals surface area contributed by atoms with E-state index in [2.05, 4.69) is 12.1 Å². The average molecular weight is 455 g/mol. The van der Waals surface area contributed by atoms with E-state index in [1.165, 1.54) is 0 Å². The van der Waals surface area contributed by atoms with Gasteiger partial charge < -0.3 is 14.2 Å². The van der Waals surface area contributed by atoms with Crippen LogP contribution < -0.4 is 14.2 Å². The number of halogens is 2. The Labute approximate surface area is 190 Å². The van der Waals surface area contributed by atoms with E-state index in [0.717, 1.165) is 28.8 Å². The Hall–Kier alpha value is -2.89. The molecular weight excluding hydrogens is 435 g/mol. The lowest BCUT2D eigenvalue weighted by molar-refractivity contribution is -0.0190. The van der Waals surface area contributed by atoms with Crippen molar-refractivity contribution in [3.05, 3.63) is 87.4 Å². The van der Waals surface area contributed by atoms with Gasteiger partial charge in [-0.1, -0.05) is 53.5 Å². The van der Waals surface area contributed by atoms with Crippen molar-refractivity contribution in [1.29, 1.82) is 0 Å². The molecule has 3 aromatic carbocycles. The van der Waals surface area contributed by atoms with Gasteiger partial charge in [-0.2, -0.15) is 5.10 Å². The third kappa shape index (κ3) is 3.48. The summed E-state index contributed by atoms with van der Waals surface area (Å²) in [5.41, 5.74) is 3.89. The predicted molar refractivity (Wildman–Crippen MR) is 122 cm³/mol. The van der Waals surface area contributed by atoms with Crippen molar-refractivity contribution >= 4 is 28.9 Å². The number of rotatable bonds is 4. The standard InChI is InChI=1S/C24H20Cl2N2O3/c1-29-21-9-8-15(10-22(21)30-2)24-28-20(13-19(27-28)14-6-4-3-5-7-14)17-11-16(25)12-18(26)23(17)31-24/h3-12,20,24H,13H2,1-2H3/t20-,24-/m1/s1. The summed E-state index contributed by atoms with van der Waals surface area (Å²) in [5, 5.41) is 8.01. The molecule has 0 saturated heterocycles. The zero-order chi connectivity index (χ0) is 21.5. The highest BCUT2D eigenvalue weighted by Gasteiger charge is 2.42. The quantitative estimate of drug-likeness (QED) is 0.466. The fraction of sp³-hybridized carbons (Fsp3) is 0.208. The summed E-state index contributed by atoms with van der Waals surface area (Å²) < 4.78 is 17.3. The third-order valence-electron chi connectivity index (χ3n) is 5.61. The number of hydrazone groups is 1. The maximum atomic E-state index is 6.54. The number of benzene rings is 3. The maximum absolute atomic E-state index is 6.54. The molecule has 2 heterocycles. The number of ether oxygens (including phenoxy) is 3. The number of fused-ring (bicyclic) bond motifs is 3. The van der Waals surface area contributed by atoms with Crippen molar-refractivity contribution in [2.75, 3.05) is 14.2 Å². The second kappa shape index (κ2) is 7.98. The predicted octanol–water partition coefficient (Wildman–Crippen LogP) is 6.25. The maximum Gasteiger partial charge on any atom is 0.214 e. The molecule has 3 aromatic rings. The molecule has 0 aliphatic carbocycles. The molecule has 0 bridgehead atoms. The van der Waals surface area contributed by atoms with Crippen LogP contribution in [0.5, 0.6) is 17.2 Å². The van der Waals surface area contributed by atoms with E-state index in [4.69, 9.17) is 42.5 Å². The van der Waals surface area contributed by atoms with E-state index in [-0.39, 0.29) is 6.04 Å². The van der Waals surface area contributed by atoms with Gasteiger partial charge in [-0.15, -0.1) is 0 Å². The second-order valence-electron chi connectivity index (χ2n) is 7.40. The molecule has 0 amide bonds. The van der Waals surface area contributed by atoms with Crippen LogP contribution in [0.1, 0.15) is 35.4 Å². The van der Waals surface area contributed by atoms with Gasteiger partial charge in [0.1, 0.15) is 5.75 Å². The second-order valence-corrected chi connectivity index (χ2v) is 8.25. The zero-order valence-electron chi connectivity index (χ0n) is 17.0. The summed E-state index contributed by atoms with van der Waals surface area (Å²) in [4.78, 5) is 0. The van der Waals surface area contributed by atoms with Crippen molar-refractivity contribution in [2.45, 2.75) is 18.7 Å². The highest BCUT2D eigenvalue weighted by Crippen LogP contribution is 2.51. The van der Waals surface area contributed by atoms with Gasteiger partial charge in [0.25, 0.3) is 0 Å². The van der Waals surface area contributed by atoms with Crippen LogP contribution in [0.4, 0.5) is 0 Å². The van der Waals surface area contributed by atoms with Gasteiger partial charge in [-0.3, -0.25) is 0 Å². The summed E-state index contributed by atoms with van der Waals surface area (Å²) in [7, 11) is 3.23. The Kier molecular flexibility index (Phi) is 5.16. The van der Waals surface area contributed by atoms with Crippen LogP contribution in [-0.2, 0) is 0 Å². The SMILES string of the molecule is COc1ccc([C@H]2Oc3c(Cl)cc(Cl)cc3[C@H]3CC(c4ccccc4)=NN32)cc1OC. The zero-order valence-corrected chi connectivity index (χ0v) is 18.5. The Bertz CT molecular complexity index is 1170. The first-order valence-electron chi connectivity index (χ1n) is 9.88. The molecule has 5 rings (SSSR count). The molecule has 0 fully saturated rings. The molecule has 0 radical (unpaired) electrons. The third-order valence-corrected chi connectivity index (χ3v) is 6.11. The number of hydrogen-bond acceptors (Lipinski definition) is 5. The number of hydrogen-bond donors (Lipinski definition) is 0. The van der Waals surface area contributed by atoms with E-state index in [0.29, 0.717) is 27.3 Å². The van der Waals surface area contributed by atoms with Crippen molar-refractivity contribution < 1.29 is 14.2 Å². The highest BCUT2D eigenvalue weighted by molar-refractivity contribution is 6.35. The van der Waals surface area contributed by atoms with Gasteiger partial charge in [-0.25, -0.2) is 5.01 Å². The Morgan fingerprint density at radius 3 is 2.48 bits per heavy atom. The van der Waals surface area contributed by atoms with E-state index in [9.17, 15) is 0 Å². The molecule has 2 aliphatic rings. The van der Waals surface area contributed by atoms with Crippen molar-refractivity contribution in [2.24, 2.45) is 5.10 Å². The topological polar surface area (TPSA) is 43.3 Å². The molecule has 5 nitrogen and oxygen atoms in total.